The summed E-state index contributed by atoms with van der Waals surface area (Å²) in [5, 5.41) is 4.43. The zero-order valence-electron chi connectivity index (χ0n) is 17.8. The standard InChI is InChI=1S/C27H25N3O2/c31-27(23-9-4-8-22-21-6-1-2-10-24(21)30-25(22)23)29-16-19-15-18-5-3-7-20(26(18)32-19)17-11-13-28-14-12-17/h1-3,5-7,10-14,19,23,30H,4,8-9,15-16H2,(H,29,31)/t19-,23-/m1/s1. The second-order valence-corrected chi connectivity index (χ2v) is 8.73. The lowest BCUT2D eigenvalue weighted by atomic mass is 9.86. The third-order valence-electron chi connectivity index (χ3n) is 6.76. The van der Waals surface area contributed by atoms with Crippen LogP contribution < -0.4 is 10.1 Å². The molecule has 0 unspecified atom stereocenters. The summed E-state index contributed by atoms with van der Waals surface area (Å²) in [6.45, 7) is 0.509. The highest BCUT2D eigenvalue weighted by Gasteiger charge is 2.31. The fourth-order valence-electron chi connectivity index (χ4n) is 5.23. The van der Waals surface area contributed by atoms with E-state index in [1.54, 1.807) is 12.4 Å². The zero-order valence-corrected chi connectivity index (χ0v) is 17.8. The maximum Gasteiger partial charge on any atom is 0.229 e. The number of carbonyl (C=O) groups is 1. The molecule has 2 N–H and O–H groups in total. The summed E-state index contributed by atoms with van der Waals surface area (Å²) in [5.74, 6) is 0.891. The van der Waals surface area contributed by atoms with Gasteiger partial charge in [0.1, 0.15) is 11.9 Å². The SMILES string of the molecule is O=C(NC[C@H]1Cc2cccc(-c3ccncc3)c2O1)[C@@H]1CCCc2c1[nH]c1ccccc21. The van der Waals surface area contributed by atoms with Crippen LogP contribution in [-0.2, 0) is 17.6 Å². The molecule has 32 heavy (non-hydrogen) atoms. The molecule has 160 valence electrons. The van der Waals surface area contributed by atoms with Crippen molar-refractivity contribution in [3.63, 3.8) is 0 Å². The predicted octanol–water partition coefficient (Wildman–Crippen LogP) is 4.77. The maximum atomic E-state index is 13.2. The van der Waals surface area contributed by atoms with Gasteiger partial charge in [-0.3, -0.25) is 9.78 Å². The van der Waals surface area contributed by atoms with E-state index in [0.29, 0.717) is 6.54 Å². The minimum atomic E-state index is -0.123. The van der Waals surface area contributed by atoms with Gasteiger partial charge in [-0.05, 0) is 54.2 Å². The number of para-hydroxylation sites is 2. The van der Waals surface area contributed by atoms with Crippen molar-refractivity contribution in [1.29, 1.82) is 0 Å². The van der Waals surface area contributed by atoms with Crippen molar-refractivity contribution in [3.8, 4) is 16.9 Å². The van der Waals surface area contributed by atoms with Gasteiger partial charge < -0.3 is 15.0 Å². The Hall–Kier alpha value is -3.60. The number of nitrogens with zero attached hydrogens (tertiary/aromatic N) is 1. The van der Waals surface area contributed by atoms with Crippen molar-refractivity contribution >= 4 is 16.8 Å². The first-order chi connectivity index (χ1) is 15.8. The lowest BCUT2D eigenvalue weighted by molar-refractivity contribution is -0.123. The molecular formula is C27H25N3O2. The number of pyridine rings is 1. The van der Waals surface area contributed by atoms with Gasteiger partial charge in [0.25, 0.3) is 0 Å². The normalized spacial score (nSPS) is 19.2. The first kappa shape index (κ1) is 19.1. The van der Waals surface area contributed by atoms with Crippen LogP contribution in [-0.4, -0.2) is 28.5 Å². The van der Waals surface area contributed by atoms with E-state index in [-0.39, 0.29) is 17.9 Å². The summed E-state index contributed by atoms with van der Waals surface area (Å²) in [6.07, 6.45) is 7.28. The average molecular weight is 424 g/mol. The molecule has 2 atom stereocenters. The topological polar surface area (TPSA) is 67.0 Å². The zero-order chi connectivity index (χ0) is 21.5. The summed E-state index contributed by atoms with van der Waals surface area (Å²) < 4.78 is 6.30. The summed E-state index contributed by atoms with van der Waals surface area (Å²) in [6, 6.07) is 18.6. The lowest BCUT2D eigenvalue weighted by Crippen LogP contribution is -2.38. The molecule has 0 radical (unpaired) electrons. The first-order valence-electron chi connectivity index (χ1n) is 11.3. The van der Waals surface area contributed by atoms with Crippen LogP contribution in [0.1, 0.15) is 35.6 Å². The molecule has 6 rings (SSSR count). The van der Waals surface area contributed by atoms with E-state index in [1.807, 2.05) is 18.2 Å². The van der Waals surface area contributed by atoms with Crippen molar-refractivity contribution in [3.05, 3.63) is 83.8 Å². The molecule has 1 aliphatic heterocycles. The lowest BCUT2D eigenvalue weighted by Gasteiger charge is -2.23. The minimum absolute atomic E-state index is 0.0530. The van der Waals surface area contributed by atoms with Gasteiger partial charge in [0, 0.05) is 41.0 Å². The molecule has 0 bridgehead atoms. The Kier molecular flexibility index (Phi) is 4.67. The van der Waals surface area contributed by atoms with Crippen LogP contribution in [0.4, 0.5) is 0 Å². The number of H-pyrrole nitrogens is 1. The van der Waals surface area contributed by atoms with Gasteiger partial charge in [-0.15, -0.1) is 0 Å². The Morgan fingerprint density at radius 1 is 1.09 bits per heavy atom. The van der Waals surface area contributed by atoms with E-state index in [0.717, 1.165) is 53.8 Å². The molecule has 0 fully saturated rings. The van der Waals surface area contributed by atoms with Gasteiger partial charge in [-0.25, -0.2) is 0 Å². The fourth-order valence-corrected chi connectivity index (χ4v) is 5.23. The predicted molar refractivity (Wildman–Crippen MR) is 125 cm³/mol. The molecule has 1 amide bonds. The van der Waals surface area contributed by atoms with E-state index < -0.39 is 0 Å². The Balaban J connectivity index is 1.17. The summed E-state index contributed by atoms with van der Waals surface area (Å²) in [5.41, 5.74) is 6.87. The third kappa shape index (κ3) is 3.25. The number of hydrogen-bond acceptors (Lipinski definition) is 3. The molecule has 2 aromatic carbocycles. The number of carbonyl (C=O) groups excluding carboxylic acids is 1. The maximum absolute atomic E-state index is 13.2. The highest BCUT2D eigenvalue weighted by atomic mass is 16.5. The van der Waals surface area contributed by atoms with Gasteiger partial charge in [0.05, 0.1) is 12.5 Å². The second kappa shape index (κ2) is 7.83. The van der Waals surface area contributed by atoms with Crippen LogP contribution in [0.5, 0.6) is 5.75 Å². The van der Waals surface area contributed by atoms with E-state index in [9.17, 15) is 4.79 Å². The number of aromatic nitrogens is 2. The molecule has 4 aromatic rings. The van der Waals surface area contributed by atoms with Gasteiger partial charge in [0.15, 0.2) is 0 Å². The van der Waals surface area contributed by atoms with Crippen LogP contribution in [0.15, 0.2) is 67.0 Å². The van der Waals surface area contributed by atoms with Crippen LogP contribution in [0.2, 0.25) is 0 Å². The molecule has 3 heterocycles. The average Bonchev–Trinajstić information content (AvgIpc) is 3.44. The first-order valence-corrected chi connectivity index (χ1v) is 11.3. The van der Waals surface area contributed by atoms with Crippen molar-refractivity contribution in [1.82, 2.24) is 15.3 Å². The van der Waals surface area contributed by atoms with Crippen molar-refractivity contribution < 1.29 is 9.53 Å². The number of fused-ring (bicyclic) bond motifs is 4. The molecular weight excluding hydrogens is 398 g/mol. The fraction of sp³-hybridized carbons (Fsp3) is 0.259. The quantitative estimate of drug-likeness (QED) is 0.497. The van der Waals surface area contributed by atoms with Crippen LogP contribution in [0, 0.1) is 0 Å². The summed E-state index contributed by atoms with van der Waals surface area (Å²) in [4.78, 5) is 20.8. The number of ether oxygens (including phenoxy) is 1. The Labute approximate surface area is 186 Å². The molecule has 5 nitrogen and oxygen atoms in total. The van der Waals surface area contributed by atoms with Gasteiger partial charge >= 0.3 is 0 Å². The Morgan fingerprint density at radius 2 is 1.97 bits per heavy atom. The highest BCUT2D eigenvalue weighted by molar-refractivity contribution is 5.90. The molecule has 2 aliphatic rings. The van der Waals surface area contributed by atoms with E-state index >= 15 is 0 Å². The van der Waals surface area contributed by atoms with Gasteiger partial charge in [-0.2, -0.15) is 0 Å². The minimum Gasteiger partial charge on any atom is -0.487 e. The van der Waals surface area contributed by atoms with Crippen molar-refractivity contribution in [2.75, 3.05) is 6.54 Å². The summed E-state index contributed by atoms with van der Waals surface area (Å²) >= 11 is 0. The number of aryl methyl sites for hydroxylation is 1. The number of hydrogen-bond donors (Lipinski definition) is 2. The molecule has 0 saturated carbocycles. The van der Waals surface area contributed by atoms with Crippen LogP contribution >= 0.6 is 0 Å². The van der Waals surface area contributed by atoms with E-state index in [2.05, 4.69) is 51.7 Å². The molecule has 0 saturated heterocycles. The molecule has 2 aromatic heterocycles. The Bertz CT molecular complexity index is 1300. The van der Waals surface area contributed by atoms with Crippen LogP contribution in [0.25, 0.3) is 22.0 Å². The van der Waals surface area contributed by atoms with Gasteiger partial charge in [-0.1, -0.05) is 36.4 Å². The van der Waals surface area contributed by atoms with E-state index in [1.165, 1.54) is 16.5 Å². The third-order valence-corrected chi connectivity index (χ3v) is 6.76. The number of amides is 1. The van der Waals surface area contributed by atoms with E-state index in [4.69, 9.17) is 4.74 Å². The smallest absolute Gasteiger partial charge is 0.229 e. The molecule has 5 heteroatoms. The second-order valence-electron chi connectivity index (χ2n) is 8.73. The monoisotopic (exact) mass is 423 g/mol. The molecule has 0 spiro atoms. The van der Waals surface area contributed by atoms with Crippen LogP contribution in [0.3, 0.4) is 0 Å². The number of nitrogens with one attached hydrogen (secondary N) is 2. The number of aromatic amines is 1. The van der Waals surface area contributed by atoms with Crippen molar-refractivity contribution in [2.24, 2.45) is 0 Å². The Morgan fingerprint density at radius 3 is 2.88 bits per heavy atom. The molecule has 1 aliphatic carbocycles. The van der Waals surface area contributed by atoms with Crippen molar-refractivity contribution in [2.45, 2.75) is 37.7 Å². The largest absolute Gasteiger partial charge is 0.487 e. The highest BCUT2D eigenvalue weighted by Crippen LogP contribution is 2.39. The number of rotatable bonds is 4. The summed E-state index contributed by atoms with van der Waals surface area (Å²) in [7, 11) is 0. The number of benzene rings is 2. The van der Waals surface area contributed by atoms with Gasteiger partial charge in [0.2, 0.25) is 5.91 Å².